The van der Waals surface area contributed by atoms with Crippen molar-refractivity contribution in [1.82, 2.24) is 0 Å². The predicted octanol–water partition coefficient (Wildman–Crippen LogP) is -6.58. The Bertz CT molecular complexity index is 758. The van der Waals surface area contributed by atoms with Crippen LogP contribution in [-0.4, -0.2) is 181 Å². The summed E-state index contributed by atoms with van der Waals surface area (Å²) in [6, 6.07) is 0. The zero-order chi connectivity index (χ0) is 31.1. The average Bonchev–Trinajstić information content (AvgIpc) is 2.94. The number of hydrogen-bond donors (Lipinski definition) is 12. The fraction of sp³-hybridized carbons (Fsp3) is 1.00. The maximum atomic E-state index is 13.4. The zero-order valence-corrected chi connectivity index (χ0v) is 21.8. The summed E-state index contributed by atoms with van der Waals surface area (Å²) < 4.78 is 52.9. The summed E-state index contributed by atoms with van der Waals surface area (Å²) >= 11 is 0. The highest BCUT2D eigenvalue weighted by Gasteiger charge is 2.52. The van der Waals surface area contributed by atoms with E-state index in [1.165, 1.54) is 0 Å². The topological polar surface area (TPSA) is 295 Å². The fourth-order valence-corrected chi connectivity index (χ4v) is 4.20. The Labute approximate surface area is 232 Å². The molecule has 2 heterocycles. The SMILES string of the molecule is NCC(F)(F)CCO[C@@H](O)C(O)C(O[C@H]1OC(CO)[C@@H](O)C(O[C@H]2OC(CO)[C@@H](O)C(O)C2O)C1O)[C@H](O)CCO. The molecular weight excluding hydrogens is 572 g/mol. The van der Waals surface area contributed by atoms with Crippen molar-refractivity contribution >= 4 is 0 Å². The third-order valence-electron chi connectivity index (χ3n) is 6.74. The Morgan fingerprint density at radius 2 is 1.39 bits per heavy atom. The lowest BCUT2D eigenvalue weighted by Gasteiger charge is -2.46. The monoisotopic (exact) mass is 613 g/mol. The summed E-state index contributed by atoms with van der Waals surface area (Å²) in [6.07, 6.45) is -27.6. The molecule has 41 heavy (non-hydrogen) atoms. The van der Waals surface area contributed by atoms with E-state index < -0.39 is 138 Å². The van der Waals surface area contributed by atoms with Gasteiger partial charge in [-0.2, -0.15) is 0 Å². The van der Waals surface area contributed by atoms with Gasteiger partial charge in [-0.3, -0.25) is 0 Å². The molecule has 0 aromatic carbocycles. The maximum Gasteiger partial charge on any atom is 0.262 e. The molecule has 2 aliphatic heterocycles. The van der Waals surface area contributed by atoms with E-state index in [9.17, 15) is 65.0 Å². The van der Waals surface area contributed by atoms with Crippen molar-refractivity contribution in [1.29, 1.82) is 0 Å². The molecular formula is C22H41F2NO16. The van der Waals surface area contributed by atoms with E-state index in [2.05, 4.69) is 0 Å². The van der Waals surface area contributed by atoms with Crippen LogP contribution in [0, 0.1) is 0 Å². The second-order valence-corrected chi connectivity index (χ2v) is 9.75. The lowest BCUT2D eigenvalue weighted by atomic mass is 9.96. The van der Waals surface area contributed by atoms with Crippen LogP contribution in [0.25, 0.3) is 0 Å². The first-order chi connectivity index (χ1) is 19.2. The van der Waals surface area contributed by atoms with Crippen molar-refractivity contribution in [3.05, 3.63) is 0 Å². The molecule has 17 nitrogen and oxygen atoms in total. The van der Waals surface area contributed by atoms with Gasteiger partial charge in [0.25, 0.3) is 5.92 Å². The van der Waals surface area contributed by atoms with Crippen LogP contribution in [0.4, 0.5) is 8.78 Å². The van der Waals surface area contributed by atoms with Crippen LogP contribution in [0.15, 0.2) is 0 Å². The van der Waals surface area contributed by atoms with Crippen LogP contribution in [0.5, 0.6) is 0 Å². The van der Waals surface area contributed by atoms with Crippen molar-refractivity contribution < 1.29 is 88.6 Å². The van der Waals surface area contributed by atoms with Crippen LogP contribution in [0.3, 0.4) is 0 Å². The number of ether oxygens (including phenoxy) is 5. The van der Waals surface area contributed by atoms with Gasteiger partial charge in [-0.15, -0.1) is 0 Å². The van der Waals surface area contributed by atoms with Crippen LogP contribution in [0.1, 0.15) is 12.8 Å². The average molecular weight is 614 g/mol. The minimum absolute atomic E-state index is 0.459. The van der Waals surface area contributed by atoms with Gasteiger partial charge in [0.15, 0.2) is 18.9 Å². The standard InChI is InChI=1S/C22H41F2NO16/c23-22(24,7-25)2-4-37-19(36)15(34)17(8(29)1-3-26)40-21-16(35)18(12(31)10(6-28)39-21)41-20-14(33)13(32)11(30)9(5-27)38-20/h8-21,26-36H,1-7,25H2/t8-,9?,10?,11-,12-,13?,14?,15?,16?,17?,18?,19-,20-,21-/m1/s1. The minimum Gasteiger partial charge on any atom is -0.396 e. The summed E-state index contributed by atoms with van der Waals surface area (Å²) in [5.41, 5.74) is 4.92. The summed E-state index contributed by atoms with van der Waals surface area (Å²) in [4.78, 5) is 0. The predicted molar refractivity (Wildman–Crippen MR) is 126 cm³/mol. The lowest BCUT2D eigenvalue weighted by molar-refractivity contribution is -0.370. The minimum atomic E-state index is -3.33. The molecule has 2 aliphatic rings. The Morgan fingerprint density at radius 3 is 1.95 bits per heavy atom. The lowest BCUT2D eigenvalue weighted by Crippen LogP contribution is -2.65. The van der Waals surface area contributed by atoms with Gasteiger partial charge in [-0.25, -0.2) is 8.78 Å². The summed E-state index contributed by atoms with van der Waals surface area (Å²) in [7, 11) is 0. The molecule has 0 radical (unpaired) electrons. The molecule has 2 rings (SSSR count). The number of aliphatic hydroxyl groups is 11. The number of halogens is 2. The highest BCUT2D eigenvalue weighted by atomic mass is 19.3. The van der Waals surface area contributed by atoms with Crippen LogP contribution in [0.2, 0.25) is 0 Å². The molecule has 0 aromatic rings. The molecule has 19 heteroatoms. The fourth-order valence-electron chi connectivity index (χ4n) is 4.20. The summed E-state index contributed by atoms with van der Waals surface area (Å²) in [5.74, 6) is -3.33. The molecule has 13 N–H and O–H groups in total. The van der Waals surface area contributed by atoms with E-state index in [0.717, 1.165) is 0 Å². The molecule has 0 bridgehead atoms. The first-order valence-corrected chi connectivity index (χ1v) is 12.8. The van der Waals surface area contributed by atoms with E-state index in [4.69, 9.17) is 29.4 Å². The highest BCUT2D eigenvalue weighted by molar-refractivity contribution is 4.95. The smallest absolute Gasteiger partial charge is 0.262 e. The molecule has 2 fully saturated rings. The molecule has 0 aromatic heterocycles. The molecule has 244 valence electrons. The Kier molecular flexibility index (Phi) is 14.5. The first kappa shape index (κ1) is 36.4. The number of rotatable bonds is 16. The second kappa shape index (κ2) is 16.3. The molecule has 0 saturated carbocycles. The maximum absolute atomic E-state index is 13.4. The number of hydrogen-bond acceptors (Lipinski definition) is 17. The van der Waals surface area contributed by atoms with Crippen molar-refractivity contribution in [3.8, 4) is 0 Å². The molecule has 14 atom stereocenters. The van der Waals surface area contributed by atoms with E-state index >= 15 is 0 Å². The Morgan fingerprint density at radius 1 is 0.805 bits per heavy atom. The number of nitrogens with two attached hydrogens (primary N) is 1. The van der Waals surface area contributed by atoms with Gasteiger partial charge in [0.1, 0.15) is 61.0 Å². The molecule has 0 aliphatic carbocycles. The molecule has 8 unspecified atom stereocenters. The number of alkyl halides is 2. The van der Waals surface area contributed by atoms with Gasteiger partial charge in [-0.05, 0) is 6.42 Å². The molecule has 0 spiro atoms. The largest absolute Gasteiger partial charge is 0.396 e. The van der Waals surface area contributed by atoms with Gasteiger partial charge >= 0.3 is 0 Å². The molecule has 0 amide bonds. The highest BCUT2D eigenvalue weighted by Crippen LogP contribution is 2.31. The zero-order valence-electron chi connectivity index (χ0n) is 21.8. The molecule has 2 saturated heterocycles. The van der Waals surface area contributed by atoms with Crippen LogP contribution >= 0.6 is 0 Å². The second-order valence-electron chi connectivity index (χ2n) is 9.75. The first-order valence-electron chi connectivity index (χ1n) is 12.8. The van der Waals surface area contributed by atoms with E-state index in [-0.39, 0.29) is 0 Å². The quantitative estimate of drug-likeness (QED) is 0.0720. The van der Waals surface area contributed by atoms with Crippen LogP contribution in [-0.2, 0) is 23.7 Å². The normalized spacial score (nSPS) is 37.9. The van der Waals surface area contributed by atoms with Gasteiger partial charge in [0.05, 0.1) is 32.5 Å². The van der Waals surface area contributed by atoms with Crippen LogP contribution < -0.4 is 5.73 Å². The van der Waals surface area contributed by atoms with Crippen molar-refractivity contribution in [3.63, 3.8) is 0 Å². The Balaban J connectivity index is 2.21. The third kappa shape index (κ3) is 9.33. The summed E-state index contributed by atoms with van der Waals surface area (Å²) in [6.45, 7) is -4.15. The van der Waals surface area contributed by atoms with Gasteiger partial charge in [0, 0.05) is 13.0 Å². The van der Waals surface area contributed by atoms with Gasteiger partial charge in [-0.1, -0.05) is 0 Å². The summed E-state index contributed by atoms with van der Waals surface area (Å²) in [5, 5.41) is 111. The van der Waals surface area contributed by atoms with E-state index in [0.29, 0.717) is 0 Å². The van der Waals surface area contributed by atoms with E-state index in [1.807, 2.05) is 0 Å². The van der Waals surface area contributed by atoms with Crippen molar-refractivity contribution in [2.75, 3.05) is 33.0 Å². The van der Waals surface area contributed by atoms with Gasteiger partial charge < -0.3 is 85.6 Å². The van der Waals surface area contributed by atoms with Crippen molar-refractivity contribution in [2.24, 2.45) is 5.73 Å². The Hall–Kier alpha value is -0.820. The van der Waals surface area contributed by atoms with Crippen molar-refractivity contribution in [2.45, 2.75) is 105 Å². The van der Waals surface area contributed by atoms with Gasteiger partial charge in [0.2, 0.25) is 0 Å². The number of aliphatic hydroxyl groups excluding tert-OH is 11. The van der Waals surface area contributed by atoms with E-state index in [1.54, 1.807) is 0 Å². The third-order valence-corrected chi connectivity index (χ3v) is 6.74.